The number of carboxylic acid groups (broad SMARTS) is 1. The van der Waals surface area contributed by atoms with Crippen molar-refractivity contribution in [1.82, 2.24) is 4.98 Å². The number of hydrogen-bond donors (Lipinski definition) is 2. The number of carbonyl (C=O) groups is 1. The molecule has 2 N–H and O–H groups in total. The maximum Gasteiger partial charge on any atom is 0.335 e. The second kappa shape index (κ2) is 4.94. The van der Waals surface area contributed by atoms with Crippen LogP contribution in [-0.4, -0.2) is 16.1 Å². The maximum absolute atomic E-state index is 10.8. The van der Waals surface area contributed by atoms with Crippen molar-refractivity contribution in [3.05, 3.63) is 53.6 Å². The van der Waals surface area contributed by atoms with Crippen LogP contribution in [0.1, 0.15) is 15.9 Å². The molecule has 0 spiro atoms. The SMILES string of the molecule is Cc1ccc2nc(Nc3ccc(C(=O)O)cc3)sc2c1. The first-order valence-electron chi connectivity index (χ1n) is 6.09. The highest BCUT2D eigenvalue weighted by molar-refractivity contribution is 7.22. The number of benzene rings is 2. The minimum Gasteiger partial charge on any atom is -0.478 e. The molecule has 0 amide bonds. The van der Waals surface area contributed by atoms with Crippen molar-refractivity contribution in [2.24, 2.45) is 0 Å². The zero-order valence-electron chi connectivity index (χ0n) is 10.8. The van der Waals surface area contributed by atoms with E-state index >= 15 is 0 Å². The van der Waals surface area contributed by atoms with E-state index in [1.807, 2.05) is 12.1 Å². The molecule has 1 heterocycles. The van der Waals surface area contributed by atoms with Gasteiger partial charge in [-0.05, 0) is 48.9 Å². The van der Waals surface area contributed by atoms with Gasteiger partial charge < -0.3 is 10.4 Å². The van der Waals surface area contributed by atoms with Gasteiger partial charge in [0.1, 0.15) is 0 Å². The van der Waals surface area contributed by atoms with Crippen molar-refractivity contribution in [2.75, 3.05) is 5.32 Å². The normalized spacial score (nSPS) is 10.7. The Morgan fingerprint density at radius 2 is 1.95 bits per heavy atom. The van der Waals surface area contributed by atoms with Gasteiger partial charge in [0.05, 0.1) is 15.8 Å². The predicted molar refractivity (Wildman–Crippen MR) is 81.0 cm³/mol. The number of aromatic nitrogens is 1. The molecule has 0 bridgehead atoms. The van der Waals surface area contributed by atoms with Crippen LogP contribution in [0.5, 0.6) is 0 Å². The molecule has 0 radical (unpaired) electrons. The van der Waals surface area contributed by atoms with Gasteiger partial charge in [-0.25, -0.2) is 9.78 Å². The van der Waals surface area contributed by atoms with Gasteiger partial charge in [0.2, 0.25) is 0 Å². The van der Waals surface area contributed by atoms with Crippen LogP contribution < -0.4 is 5.32 Å². The summed E-state index contributed by atoms with van der Waals surface area (Å²) in [6, 6.07) is 12.8. The van der Waals surface area contributed by atoms with Crippen molar-refractivity contribution >= 4 is 38.3 Å². The molecule has 0 saturated carbocycles. The average Bonchev–Trinajstić information content (AvgIpc) is 2.80. The molecule has 1 aromatic heterocycles. The number of anilines is 2. The topological polar surface area (TPSA) is 62.2 Å². The summed E-state index contributed by atoms with van der Waals surface area (Å²) in [6.45, 7) is 2.05. The maximum atomic E-state index is 10.8. The standard InChI is InChI=1S/C15H12N2O2S/c1-9-2-7-12-13(8-9)20-15(17-12)16-11-5-3-10(4-6-11)14(18)19/h2-8H,1H3,(H,16,17)(H,18,19). The fraction of sp³-hybridized carbons (Fsp3) is 0.0667. The van der Waals surface area contributed by atoms with E-state index in [1.165, 1.54) is 5.56 Å². The van der Waals surface area contributed by atoms with E-state index < -0.39 is 5.97 Å². The summed E-state index contributed by atoms with van der Waals surface area (Å²) in [4.78, 5) is 15.3. The van der Waals surface area contributed by atoms with Gasteiger partial charge in [-0.15, -0.1) is 0 Å². The highest BCUT2D eigenvalue weighted by Crippen LogP contribution is 2.28. The van der Waals surface area contributed by atoms with Crippen LogP contribution in [0, 0.1) is 6.92 Å². The Bertz CT molecular complexity index is 778. The third kappa shape index (κ3) is 2.48. The van der Waals surface area contributed by atoms with Crippen LogP contribution in [0.25, 0.3) is 10.2 Å². The van der Waals surface area contributed by atoms with Gasteiger partial charge in [-0.3, -0.25) is 0 Å². The Hall–Kier alpha value is -2.40. The largest absolute Gasteiger partial charge is 0.478 e. The van der Waals surface area contributed by atoms with Crippen molar-refractivity contribution in [3.63, 3.8) is 0 Å². The van der Waals surface area contributed by atoms with Crippen LogP contribution in [0.3, 0.4) is 0 Å². The summed E-state index contributed by atoms with van der Waals surface area (Å²) in [5.41, 5.74) is 3.27. The highest BCUT2D eigenvalue weighted by Gasteiger charge is 2.05. The van der Waals surface area contributed by atoms with E-state index in [4.69, 9.17) is 5.11 Å². The van der Waals surface area contributed by atoms with Gasteiger partial charge in [0.25, 0.3) is 0 Å². The first kappa shape index (κ1) is 12.6. The number of thiazole rings is 1. The average molecular weight is 284 g/mol. The van der Waals surface area contributed by atoms with E-state index in [0.29, 0.717) is 0 Å². The lowest BCUT2D eigenvalue weighted by Gasteiger charge is -2.02. The summed E-state index contributed by atoms with van der Waals surface area (Å²) in [6.07, 6.45) is 0. The molecular formula is C15H12N2O2S. The van der Waals surface area contributed by atoms with Gasteiger partial charge in [-0.1, -0.05) is 17.4 Å². The Labute approximate surface area is 119 Å². The van der Waals surface area contributed by atoms with E-state index in [-0.39, 0.29) is 5.56 Å². The van der Waals surface area contributed by atoms with Crippen LogP contribution in [0.2, 0.25) is 0 Å². The second-order valence-corrected chi connectivity index (χ2v) is 5.53. The Balaban J connectivity index is 1.87. The summed E-state index contributed by atoms with van der Waals surface area (Å²) >= 11 is 1.58. The van der Waals surface area contributed by atoms with Crippen molar-refractivity contribution in [2.45, 2.75) is 6.92 Å². The molecule has 0 aliphatic heterocycles. The molecule has 0 atom stereocenters. The molecule has 0 unspecified atom stereocenters. The number of nitrogens with zero attached hydrogens (tertiary/aromatic N) is 1. The van der Waals surface area contributed by atoms with Crippen molar-refractivity contribution in [3.8, 4) is 0 Å². The first-order chi connectivity index (χ1) is 9.61. The number of rotatable bonds is 3. The van der Waals surface area contributed by atoms with Crippen LogP contribution >= 0.6 is 11.3 Å². The monoisotopic (exact) mass is 284 g/mol. The molecule has 100 valence electrons. The zero-order valence-corrected chi connectivity index (χ0v) is 11.6. The third-order valence-electron chi connectivity index (χ3n) is 2.93. The first-order valence-corrected chi connectivity index (χ1v) is 6.91. The number of aryl methyl sites for hydroxylation is 1. The Morgan fingerprint density at radius 3 is 2.65 bits per heavy atom. The lowest BCUT2D eigenvalue weighted by Crippen LogP contribution is -1.96. The zero-order chi connectivity index (χ0) is 14.1. The highest BCUT2D eigenvalue weighted by atomic mass is 32.1. The van der Waals surface area contributed by atoms with Crippen LogP contribution in [0.4, 0.5) is 10.8 Å². The van der Waals surface area contributed by atoms with Crippen molar-refractivity contribution < 1.29 is 9.90 Å². The summed E-state index contributed by atoms with van der Waals surface area (Å²) in [5, 5.41) is 12.8. The molecule has 0 aliphatic rings. The molecule has 20 heavy (non-hydrogen) atoms. The molecule has 0 saturated heterocycles. The van der Waals surface area contributed by atoms with Crippen LogP contribution in [-0.2, 0) is 0 Å². The van der Waals surface area contributed by atoms with Crippen molar-refractivity contribution in [1.29, 1.82) is 0 Å². The minimum atomic E-state index is -0.924. The van der Waals surface area contributed by atoms with Gasteiger partial charge in [0, 0.05) is 5.69 Å². The summed E-state index contributed by atoms with van der Waals surface area (Å²) < 4.78 is 1.13. The van der Waals surface area contributed by atoms with Gasteiger partial charge in [0.15, 0.2) is 5.13 Å². The summed E-state index contributed by atoms with van der Waals surface area (Å²) in [7, 11) is 0. The number of carboxylic acids is 1. The second-order valence-electron chi connectivity index (χ2n) is 4.50. The molecule has 5 heteroatoms. The minimum absolute atomic E-state index is 0.274. The smallest absolute Gasteiger partial charge is 0.335 e. The fourth-order valence-corrected chi connectivity index (χ4v) is 2.89. The molecule has 2 aromatic carbocycles. The van der Waals surface area contributed by atoms with Gasteiger partial charge >= 0.3 is 5.97 Å². The Morgan fingerprint density at radius 1 is 1.20 bits per heavy atom. The van der Waals surface area contributed by atoms with E-state index in [1.54, 1.807) is 35.6 Å². The predicted octanol–water partition coefficient (Wildman–Crippen LogP) is 4.05. The van der Waals surface area contributed by atoms with E-state index in [2.05, 4.69) is 23.3 Å². The van der Waals surface area contributed by atoms with Crippen LogP contribution in [0.15, 0.2) is 42.5 Å². The Kier molecular flexibility index (Phi) is 3.12. The molecule has 0 aliphatic carbocycles. The molecule has 3 rings (SSSR count). The molecular weight excluding hydrogens is 272 g/mol. The number of aromatic carboxylic acids is 1. The van der Waals surface area contributed by atoms with Gasteiger partial charge in [-0.2, -0.15) is 0 Å². The quantitative estimate of drug-likeness (QED) is 0.761. The summed E-state index contributed by atoms with van der Waals surface area (Å²) in [5.74, 6) is -0.924. The lowest BCUT2D eigenvalue weighted by molar-refractivity contribution is 0.0697. The number of hydrogen-bond acceptors (Lipinski definition) is 4. The van der Waals surface area contributed by atoms with E-state index in [0.717, 1.165) is 21.0 Å². The molecule has 3 aromatic rings. The molecule has 0 fully saturated rings. The number of nitrogens with one attached hydrogen (secondary N) is 1. The lowest BCUT2D eigenvalue weighted by atomic mass is 10.2. The number of fused-ring (bicyclic) bond motifs is 1. The fourth-order valence-electron chi connectivity index (χ4n) is 1.90. The van der Waals surface area contributed by atoms with E-state index in [9.17, 15) is 4.79 Å². The molecule has 4 nitrogen and oxygen atoms in total. The third-order valence-corrected chi connectivity index (χ3v) is 3.86.